The molecule has 0 unspecified atom stereocenters. The molecule has 0 spiro atoms. The smallest absolute Gasteiger partial charge is 0.332 e. The second-order valence-corrected chi connectivity index (χ2v) is 8.51. The van der Waals surface area contributed by atoms with Crippen LogP contribution in [0, 0.1) is 6.92 Å². The molecule has 35 heavy (non-hydrogen) atoms. The summed E-state index contributed by atoms with van der Waals surface area (Å²) in [5.41, 5.74) is 3.85. The Bertz CT molecular complexity index is 1500. The molecular formula is C24H25ClN6O4. The number of rotatable bonds is 8. The van der Waals surface area contributed by atoms with Gasteiger partial charge in [-0.1, -0.05) is 41.9 Å². The standard InChI is InChI=1S/C24H25ClN6O4/c1-15-6-4-5-7-19(15)35-14-18(32)13-31-20-21(29(2)24(34)30(3)22(20)33)27-23(31)28-26-12-16-8-10-17(25)11-9-16/h4-12,18,32H,13-14H2,1-3H3,(H,27,28)/b26-12-/t18-/m0/s1. The molecule has 2 aromatic heterocycles. The summed E-state index contributed by atoms with van der Waals surface area (Å²) in [5.74, 6) is 0.852. The molecule has 0 aliphatic heterocycles. The van der Waals surface area contributed by atoms with Crippen LogP contribution in [-0.4, -0.2) is 42.7 Å². The first-order chi connectivity index (χ1) is 16.8. The van der Waals surface area contributed by atoms with Crippen molar-refractivity contribution in [1.82, 2.24) is 18.7 Å². The van der Waals surface area contributed by atoms with E-state index in [1.807, 2.05) is 31.2 Å². The number of imidazole rings is 1. The molecule has 0 bridgehead atoms. The number of hydrazone groups is 1. The molecule has 0 fully saturated rings. The average molecular weight is 497 g/mol. The lowest BCUT2D eigenvalue weighted by atomic mass is 10.2. The van der Waals surface area contributed by atoms with E-state index in [9.17, 15) is 14.7 Å². The molecule has 2 aromatic carbocycles. The molecule has 182 valence electrons. The summed E-state index contributed by atoms with van der Waals surface area (Å²) in [4.78, 5) is 29.8. The number of nitrogens with one attached hydrogen (secondary N) is 1. The Morgan fingerprint density at radius 2 is 1.86 bits per heavy atom. The van der Waals surface area contributed by atoms with Crippen LogP contribution in [0.25, 0.3) is 11.2 Å². The third-order valence-electron chi connectivity index (χ3n) is 5.51. The molecule has 4 aromatic rings. The van der Waals surface area contributed by atoms with Crippen LogP contribution in [0.1, 0.15) is 11.1 Å². The Balaban J connectivity index is 1.66. The van der Waals surface area contributed by atoms with Crippen LogP contribution in [0.5, 0.6) is 5.75 Å². The summed E-state index contributed by atoms with van der Waals surface area (Å²) in [5, 5.41) is 15.6. The van der Waals surface area contributed by atoms with Crippen LogP contribution in [0.4, 0.5) is 5.95 Å². The number of anilines is 1. The van der Waals surface area contributed by atoms with Gasteiger partial charge in [-0.2, -0.15) is 10.1 Å². The summed E-state index contributed by atoms with van der Waals surface area (Å²) in [6, 6.07) is 14.5. The fraction of sp³-hybridized carbons (Fsp3) is 0.250. The van der Waals surface area contributed by atoms with E-state index in [0.29, 0.717) is 10.8 Å². The van der Waals surface area contributed by atoms with Gasteiger partial charge >= 0.3 is 5.69 Å². The molecule has 2 heterocycles. The number of aryl methyl sites for hydroxylation is 2. The molecule has 0 aliphatic carbocycles. The number of para-hydroxylation sites is 1. The van der Waals surface area contributed by atoms with Gasteiger partial charge in [0, 0.05) is 19.1 Å². The van der Waals surface area contributed by atoms with Gasteiger partial charge in [-0.25, -0.2) is 10.2 Å². The number of aromatic nitrogens is 4. The van der Waals surface area contributed by atoms with Crippen molar-refractivity contribution in [3.05, 3.63) is 85.5 Å². The monoisotopic (exact) mass is 496 g/mol. The number of aliphatic hydroxyl groups excluding tert-OH is 1. The number of nitrogens with zero attached hydrogens (tertiary/aromatic N) is 5. The Morgan fingerprint density at radius 3 is 2.57 bits per heavy atom. The zero-order valence-electron chi connectivity index (χ0n) is 19.5. The molecular weight excluding hydrogens is 472 g/mol. The fourth-order valence-electron chi connectivity index (χ4n) is 3.59. The van der Waals surface area contributed by atoms with Crippen LogP contribution in [0.2, 0.25) is 5.02 Å². The molecule has 0 amide bonds. The quantitative estimate of drug-likeness (QED) is 0.285. The summed E-state index contributed by atoms with van der Waals surface area (Å²) in [7, 11) is 2.92. The van der Waals surface area contributed by atoms with Gasteiger partial charge in [-0.05, 0) is 36.2 Å². The molecule has 0 radical (unpaired) electrons. The third kappa shape index (κ3) is 5.13. The van der Waals surface area contributed by atoms with E-state index < -0.39 is 17.4 Å². The van der Waals surface area contributed by atoms with Crippen LogP contribution in [0.15, 0.2) is 63.2 Å². The Labute approximate surface area is 205 Å². The maximum atomic E-state index is 13.0. The summed E-state index contributed by atoms with van der Waals surface area (Å²) in [6.07, 6.45) is 0.587. The Morgan fingerprint density at radius 1 is 1.14 bits per heavy atom. The number of hydrogen-bond acceptors (Lipinski definition) is 7. The number of aliphatic hydroxyl groups is 1. The minimum atomic E-state index is -0.977. The summed E-state index contributed by atoms with van der Waals surface area (Å²) >= 11 is 5.92. The topological polar surface area (TPSA) is 116 Å². The van der Waals surface area contributed by atoms with E-state index in [0.717, 1.165) is 15.7 Å². The molecule has 0 saturated heterocycles. The van der Waals surface area contributed by atoms with Crippen molar-refractivity contribution in [2.24, 2.45) is 19.2 Å². The van der Waals surface area contributed by atoms with E-state index in [1.165, 1.54) is 23.2 Å². The van der Waals surface area contributed by atoms with Gasteiger partial charge in [-0.3, -0.25) is 13.9 Å². The lowest BCUT2D eigenvalue weighted by Crippen LogP contribution is -2.38. The molecule has 4 rings (SSSR count). The van der Waals surface area contributed by atoms with Crippen molar-refractivity contribution in [2.45, 2.75) is 19.6 Å². The predicted octanol–water partition coefficient (Wildman–Crippen LogP) is 2.28. The number of ether oxygens (including phenoxy) is 1. The van der Waals surface area contributed by atoms with E-state index >= 15 is 0 Å². The zero-order chi connectivity index (χ0) is 25.1. The highest BCUT2D eigenvalue weighted by atomic mass is 35.5. The van der Waals surface area contributed by atoms with Gasteiger partial charge in [0.05, 0.1) is 12.8 Å². The second-order valence-electron chi connectivity index (χ2n) is 8.08. The molecule has 0 aliphatic rings. The molecule has 0 saturated carbocycles. The lowest BCUT2D eigenvalue weighted by Gasteiger charge is -2.16. The minimum absolute atomic E-state index is 0.00983. The number of benzene rings is 2. The van der Waals surface area contributed by atoms with Gasteiger partial charge < -0.3 is 14.4 Å². The van der Waals surface area contributed by atoms with Gasteiger partial charge in [0.2, 0.25) is 5.95 Å². The van der Waals surface area contributed by atoms with Crippen molar-refractivity contribution in [2.75, 3.05) is 12.0 Å². The maximum absolute atomic E-state index is 13.0. The van der Waals surface area contributed by atoms with Crippen molar-refractivity contribution < 1.29 is 9.84 Å². The average Bonchev–Trinajstić information content (AvgIpc) is 3.20. The fourth-order valence-corrected chi connectivity index (χ4v) is 3.72. The minimum Gasteiger partial charge on any atom is -0.491 e. The maximum Gasteiger partial charge on any atom is 0.332 e. The van der Waals surface area contributed by atoms with Crippen molar-refractivity contribution in [3.8, 4) is 5.75 Å². The van der Waals surface area contributed by atoms with E-state index in [-0.39, 0.29) is 30.3 Å². The number of fused-ring (bicyclic) bond motifs is 1. The van der Waals surface area contributed by atoms with Crippen molar-refractivity contribution in [3.63, 3.8) is 0 Å². The number of hydrogen-bond donors (Lipinski definition) is 2. The molecule has 10 nitrogen and oxygen atoms in total. The zero-order valence-corrected chi connectivity index (χ0v) is 20.2. The number of halogens is 1. The van der Waals surface area contributed by atoms with Crippen LogP contribution in [0.3, 0.4) is 0 Å². The van der Waals surface area contributed by atoms with Crippen molar-refractivity contribution >= 4 is 34.9 Å². The predicted molar refractivity (Wildman–Crippen MR) is 136 cm³/mol. The first kappa shape index (κ1) is 24.2. The van der Waals surface area contributed by atoms with Crippen LogP contribution < -0.4 is 21.4 Å². The SMILES string of the molecule is Cc1ccccc1OC[C@@H](O)Cn1c(N/N=C\c2ccc(Cl)cc2)nc2c1c(=O)n(C)c(=O)n2C. The van der Waals surface area contributed by atoms with Crippen LogP contribution >= 0.6 is 11.6 Å². The largest absolute Gasteiger partial charge is 0.491 e. The molecule has 1 atom stereocenters. The third-order valence-corrected chi connectivity index (χ3v) is 5.77. The van der Waals surface area contributed by atoms with E-state index in [2.05, 4.69) is 15.5 Å². The lowest BCUT2D eigenvalue weighted by molar-refractivity contribution is 0.0935. The summed E-state index contributed by atoms with van der Waals surface area (Å²) < 4.78 is 9.54. The Kier molecular flexibility index (Phi) is 7.04. The van der Waals surface area contributed by atoms with Gasteiger partial charge in [0.25, 0.3) is 5.56 Å². The highest BCUT2D eigenvalue weighted by Crippen LogP contribution is 2.19. The highest BCUT2D eigenvalue weighted by Gasteiger charge is 2.21. The van der Waals surface area contributed by atoms with Gasteiger partial charge in [-0.15, -0.1) is 0 Å². The first-order valence-corrected chi connectivity index (χ1v) is 11.2. The summed E-state index contributed by atoms with van der Waals surface area (Å²) in [6.45, 7) is 1.88. The second kappa shape index (κ2) is 10.2. The normalized spacial score (nSPS) is 12.4. The van der Waals surface area contributed by atoms with E-state index in [1.54, 1.807) is 30.5 Å². The Hall–Kier alpha value is -3.89. The van der Waals surface area contributed by atoms with Crippen LogP contribution in [-0.2, 0) is 20.6 Å². The molecule has 11 heteroatoms. The van der Waals surface area contributed by atoms with Gasteiger partial charge in [0.1, 0.15) is 18.5 Å². The van der Waals surface area contributed by atoms with Crippen molar-refractivity contribution in [1.29, 1.82) is 0 Å². The molecule has 2 N–H and O–H groups in total. The first-order valence-electron chi connectivity index (χ1n) is 10.8. The van der Waals surface area contributed by atoms with Gasteiger partial charge in [0.15, 0.2) is 11.2 Å². The highest BCUT2D eigenvalue weighted by molar-refractivity contribution is 6.30. The van der Waals surface area contributed by atoms with E-state index in [4.69, 9.17) is 16.3 Å².